The molecule has 0 radical (unpaired) electrons. The molecule has 2 heterocycles. The van der Waals surface area contributed by atoms with Crippen molar-refractivity contribution in [1.82, 2.24) is 4.72 Å². The Bertz CT molecular complexity index is 890. The zero-order valence-electron chi connectivity index (χ0n) is 12.4. The molecule has 0 aliphatic carbocycles. The summed E-state index contributed by atoms with van der Waals surface area (Å²) in [6, 6.07) is 14.9. The standard InChI is InChI=1S/C17H16N2O3S/c20-23(21)16-8-4-2-6-14(16)17(19-23)18-11-12-9-10-22-15-7-3-1-5-13(12)15/h1-8,12H,9-11H2,(H,18,19). The molecule has 0 fully saturated rings. The molecule has 2 aliphatic heterocycles. The van der Waals surface area contributed by atoms with Gasteiger partial charge < -0.3 is 4.74 Å². The van der Waals surface area contributed by atoms with Gasteiger partial charge in [0.05, 0.1) is 11.5 Å². The van der Waals surface area contributed by atoms with Gasteiger partial charge in [0.1, 0.15) is 11.6 Å². The van der Waals surface area contributed by atoms with Crippen LogP contribution in [-0.4, -0.2) is 27.4 Å². The van der Waals surface area contributed by atoms with Gasteiger partial charge in [-0.1, -0.05) is 30.3 Å². The second kappa shape index (κ2) is 5.38. The van der Waals surface area contributed by atoms with Gasteiger partial charge in [0.2, 0.25) is 0 Å². The number of amidine groups is 1. The molecule has 2 aromatic carbocycles. The Kier molecular flexibility index (Phi) is 3.34. The summed E-state index contributed by atoms with van der Waals surface area (Å²) in [5, 5.41) is 0. The molecular weight excluding hydrogens is 312 g/mol. The van der Waals surface area contributed by atoms with Crippen molar-refractivity contribution < 1.29 is 13.2 Å². The third-order valence-corrected chi connectivity index (χ3v) is 5.61. The van der Waals surface area contributed by atoms with Crippen LogP contribution >= 0.6 is 0 Å². The van der Waals surface area contributed by atoms with Crippen LogP contribution in [0.4, 0.5) is 0 Å². The highest BCUT2D eigenvalue weighted by atomic mass is 32.2. The Labute approximate surface area is 135 Å². The van der Waals surface area contributed by atoms with E-state index in [-0.39, 0.29) is 5.92 Å². The first-order valence-corrected chi connectivity index (χ1v) is 9.02. The lowest BCUT2D eigenvalue weighted by Gasteiger charge is -2.24. The minimum Gasteiger partial charge on any atom is -0.493 e. The molecule has 2 aromatic rings. The van der Waals surface area contributed by atoms with Crippen molar-refractivity contribution in [2.24, 2.45) is 4.99 Å². The van der Waals surface area contributed by atoms with Gasteiger partial charge in [-0.05, 0) is 30.2 Å². The van der Waals surface area contributed by atoms with E-state index in [0.717, 1.165) is 17.7 Å². The Morgan fingerprint density at radius 2 is 1.91 bits per heavy atom. The first-order chi connectivity index (χ1) is 11.1. The van der Waals surface area contributed by atoms with Crippen LogP contribution in [0.3, 0.4) is 0 Å². The SMILES string of the molecule is O=S1(=O)NC(=NCC2CCOc3ccccc32)c2ccccc21. The van der Waals surface area contributed by atoms with Crippen LogP contribution in [0.15, 0.2) is 58.4 Å². The molecule has 0 bridgehead atoms. The topological polar surface area (TPSA) is 67.8 Å². The summed E-state index contributed by atoms with van der Waals surface area (Å²) in [6.45, 7) is 1.20. The molecule has 1 unspecified atom stereocenters. The molecule has 0 amide bonds. The Hall–Kier alpha value is -2.34. The van der Waals surface area contributed by atoms with E-state index in [0.29, 0.717) is 29.4 Å². The van der Waals surface area contributed by atoms with E-state index >= 15 is 0 Å². The van der Waals surface area contributed by atoms with Gasteiger partial charge in [0, 0.05) is 18.0 Å². The molecule has 23 heavy (non-hydrogen) atoms. The van der Waals surface area contributed by atoms with E-state index in [9.17, 15) is 8.42 Å². The van der Waals surface area contributed by atoms with E-state index in [1.807, 2.05) is 30.3 Å². The maximum Gasteiger partial charge on any atom is 0.263 e. The van der Waals surface area contributed by atoms with Gasteiger partial charge in [0.15, 0.2) is 0 Å². The van der Waals surface area contributed by atoms with E-state index in [1.165, 1.54) is 0 Å². The molecule has 0 saturated heterocycles. The number of nitrogens with one attached hydrogen (secondary N) is 1. The first-order valence-electron chi connectivity index (χ1n) is 7.53. The minimum absolute atomic E-state index is 0.240. The molecule has 1 N–H and O–H groups in total. The van der Waals surface area contributed by atoms with Crippen molar-refractivity contribution in [3.63, 3.8) is 0 Å². The Morgan fingerprint density at radius 1 is 1.13 bits per heavy atom. The van der Waals surface area contributed by atoms with Gasteiger partial charge in [-0.3, -0.25) is 9.71 Å². The fourth-order valence-corrected chi connectivity index (χ4v) is 4.31. The van der Waals surface area contributed by atoms with Crippen LogP contribution in [0.1, 0.15) is 23.5 Å². The average Bonchev–Trinajstić information content (AvgIpc) is 2.84. The number of nitrogens with zero attached hydrogens (tertiary/aromatic N) is 1. The molecule has 6 heteroatoms. The third-order valence-electron chi connectivity index (χ3n) is 4.22. The summed E-state index contributed by atoms with van der Waals surface area (Å²) in [5.41, 5.74) is 1.78. The molecular formula is C17H16N2O3S. The number of benzene rings is 2. The van der Waals surface area contributed by atoms with E-state index in [4.69, 9.17) is 4.74 Å². The van der Waals surface area contributed by atoms with Crippen molar-refractivity contribution in [2.75, 3.05) is 13.2 Å². The number of hydrogen-bond acceptors (Lipinski definition) is 4. The number of rotatable bonds is 2. The predicted molar refractivity (Wildman–Crippen MR) is 87.5 cm³/mol. The van der Waals surface area contributed by atoms with Gasteiger partial charge >= 0.3 is 0 Å². The Balaban J connectivity index is 1.64. The molecule has 5 nitrogen and oxygen atoms in total. The van der Waals surface area contributed by atoms with Crippen molar-refractivity contribution in [1.29, 1.82) is 0 Å². The highest BCUT2D eigenvalue weighted by Gasteiger charge is 2.30. The van der Waals surface area contributed by atoms with Gasteiger partial charge in [-0.2, -0.15) is 0 Å². The van der Waals surface area contributed by atoms with Gasteiger partial charge in [0.25, 0.3) is 10.0 Å². The van der Waals surface area contributed by atoms with Crippen molar-refractivity contribution in [3.8, 4) is 5.75 Å². The lowest BCUT2D eigenvalue weighted by atomic mass is 9.93. The van der Waals surface area contributed by atoms with Crippen molar-refractivity contribution in [3.05, 3.63) is 59.7 Å². The maximum atomic E-state index is 12.1. The normalized spacial score (nSPS) is 22.8. The van der Waals surface area contributed by atoms with Gasteiger partial charge in [-0.15, -0.1) is 0 Å². The smallest absolute Gasteiger partial charge is 0.263 e. The molecule has 4 rings (SSSR count). The lowest BCUT2D eigenvalue weighted by Crippen LogP contribution is -2.23. The van der Waals surface area contributed by atoms with Crippen LogP contribution in [0.25, 0.3) is 0 Å². The summed E-state index contributed by atoms with van der Waals surface area (Å²) in [6.07, 6.45) is 0.877. The van der Waals surface area contributed by atoms with E-state index in [1.54, 1.807) is 18.2 Å². The minimum atomic E-state index is -3.47. The number of hydrogen-bond donors (Lipinski definition) is 1. The molecule has 0 aromatic heterocycles. The van der Waals surface area contributed by atoms with E-state index < -0.39 is 10.0 Å². The second-order valence-electron chi connectivity index (χ2n) is 5.66. The largest absolute Gasteiger partial charge is 0.493 e. The number of fused-ring (bicyclic) bond motifs is 2. The number of ether oxygens (including phenoxy) is 1. The first kappa shape index (κ1) is 14.3. The van der Waals surface area contributed by atoms with Gasteiger partial charge in [-0.25, -0.2) is 8.42 Å². The number of aliphatic imine (C=N–C) groups is 1. The third kappa shape index (κ3) is 2.49. The van der Waals surface area contributed by atoms with Crippen molar-refractivity contribution in [2.45, 2.75) is 17.2 Å². The molecule has 2 aliphatic rings. The molecule has 1 atom stereocenters. The lowest BCUT2D eigenvalue weighted by molar-refractivity contribution is 0.269. The summed E-state index contributed by atoms with van der Waals surface area (Å²) < 4.78 is 32.4. The maximum absolute atomic E-state index is 12.1. The fraction of sp³-hybridized carbons (Fsp3) is 0.235. The van der Waals surface area contributed by atoms with Crippen molar-refractivity contribution >= 4 is 15.9 Å². The van der Waals surface area contributed by atoms with Crippen LogP contribution in [0.2, 0.25) is 0 Å². The quantitative estimate of drug-likeness (QED) is 0.920. The number of para-hydroxylation sites is 1. The fourth-order valence-electron chi connectivity index (χ4n) is 3.06. The monoisotopic (exact) mass is 328 g/mol. The molecule has 0 spiro atoms. The summed E-state index contributed by atoms with van der Waals surface area (Å²) >= 11 is 0. The Morgan fingerprint density at radius 3 is 2.83 bits per heavy atom. The van der Waals surface area contributed by atoms with Crippen LogP contribution in [-0.2, 0) is 10.0 Å². The molecule has 0 saturated carbocycles. The summed E-state index contributed by atoms with van der Waals surface area (Å²) in [7, 11) is -3.47. The highest BCUT2D eigenvalue weighted by molar-refractivity contribution is 7.90. The summed E-state index contributed by atoms with van der Waals surface area (Å²) in [4.78, 5) is 4.85. The predicted octanol–water partition coefficient (Wildman–Crippen LogP) is 2.29. The second-order valence-corrected chi connectivity index (χ2v) is 7.31. The van der Waals surface area contributed by atoms with E-state index in [2.05, 4.69) is 9.71 Å². The van der Waals surface area contributed by atoms with Crippen LogP contribution in [0.5, 0.6) is 5.75 Å². The average molecular weight is 328 g/mol. The zero-order chi connectivity index (χ0) is 15.9. The van der Waals surface area contributed by atoms with Crippen LogP contribution < -0.4 is 9.46 Å². The number of sulfonamides is 1. The highest BCUT2D eigenvalue weighted by Crippen LogP contribution is 2.33. The molecule has 118 valence electrons. The summed E-state index contributed by atoms with van der Waals surface area (Å²) in [5.74, 6) is 1.57. The van der Waals surface area contributed by atoms with Crippen LogP contribution in [0, 0.1) is 0 Å². The zero-order valence-corrected chi connectivity index (χ0v) is 13.2.